The number of benzene rings is 2. The fraction of sp³-hybridized carbons (Fsp3) is 0.280. The van der Waals surface area contributed by atoms with Gasteiger partial charge in [-0.25, -0.2) is 13.4 Å². The number of hydrogen-bond acceptors (Lipinski definition) is 5. The van der Waals surface area contributed by atoms with Crippen LogP contribution in [0.4, 0.5) is 5.13 Å². The van der Waals surface area contributed by atoms with E-state index in [1.807, 2.05) is 55.5 Å². The molecule has 0 saturated carbocycles. The monoisotopic (exact) mass is 494 g/mol. The van der Waals surface area contributed by atoms with Crippen LogP contribution in [-0.2, 0) is 23.6 Å². The van der Waals surface area contributed by atoms with Crippen LogP contribution < -0.4 is 4.90 Å². The maximum absolute atomic E-state index is 13.9. The Labute approximate surface area is 203 Å². The number of sulfonamides is 1. The van der Waals surface area contributed by atoms with Crippen LogP contribution in [0.5, 0.6) is 0 Å². The number of carbonyl (C=O) groups is 1. The van der Waals surface area contributed by atoms with E-state index in [9.17, 15) is 13.2 Å². The Bertz CT molecular complexity index is 1450. The molecule has 5 rings (SSSR count). The first kappa shape index (κ1) is 22.8. The van der Waals surface area contributed by atoms with Crippen molar-refractivity contribution in [3.8, 4) is 0 Å². The lowest BCUT2D eigenvalue weighted by Gasteiger charge is -2.20. The number of para-hydroxylation sites is 1. The van der Waals surface area contributed by atoms with Crippen LogP contribution in [0, 0.1) is 6.92 Å². The standard InChI is InChI=1S/C25H26N4O3S2/c1-18-9-8-12-22-23(18)26-25(33-22)29(16-19-10-4-3-5-11-19)24(30)21-15-20(17-27(21)2)34(31,32)28-13-6-7-14-28/h3-5,8-12,15,17H,6-7,13-14,16H2,1-2H3. The van der Waals surface area contributed by atoms with Crippen LogP contribution in [0.2, 0.25) is 0 Å². The summed E-state index contributed by atoms with van der Waals surface area (Å²) < 4.78 is 30.3. The predicted molar refractivity (Wildman–Crippen MR) is 135 cm³/mol. The zero-order chi connectivity index (χ0) is 23.9. The van der Waals surface area contributed by atoms with E-state index in [1.165, 1.54) is 27.9 Å². The maximum atomic E-state index is 13.9. The first-order valence-corrected chi connectivity index (χ1v) is 13.5. The molecular formula is C25H26N4O3S2. The van der Waals surface area contributed by atoms with Gasteiger partial charge in [0, 0.05) is 26.3 Å². The normalized spacial score (nSPS) is 14.6. The molecule has 1 saturated heterocycles. The number of hydrogen-bond donors (Lipinski definition) is 0. The molecule has 0 atom stereocenters. The van der Waals surface area contributed by atoms with E-state index in [2.05, 4.69) is 0 Å². The maximum Gasteiger partial charge on any atom is 0.277 e. The van der Waals surface area contributed by atoms with Crippen molar-refractivity contribution < 1.29 is 13.2 Å². The van der Waals surface area contributed by atoms with Crippen LogP contribution >= 0.6 is 11.3 Å². The highest BCUT2D eigenvalue weighted by Gasteiger charge is 2.31. The van der Waals surface area contributed by atoms with Gasteiger partial charge in [-0.05, 0) is 43.0 Å². The molecule has 34 heavy (non-hydrogen) atoms. The molecular weight excluding hydrogens is 468 g/mol. The van der Waals surface area contributed by atoms with E-state index in [4.69, 9.17) is 4.98 Å². The number of fused-ring (bicyclic) bond motifs is 1. The Morgan fingerprint density at radius 3 is 2.53 bits per heavy atom. The molecule has 1 fully saturated rings. The third-order valence-corrected chi connectivity index (χ3v) is 9.08. The Balaban J connectivity index is 1.55. The van der Waals surface area contributed by atoms with E-state index in [0.717, 1.165) is 34.2 Å². The first-order chi connectivity index (χ1) is 16.3. The van der Waals surface area contributed by atoms with Crippen LogP contribution in [0.3, 0.4) is 0 Å². The molecule has 176 valence electrons. The summed E-state index contributed by atoms with van der Waals surface area (Å²) >= 11 is 1.46. The molecule has 0 N–H and O–H groups in total. The zero-order valence-electron chi connectivity index (χ0n) is 19.1. The van der Waals surface area contributed by atoms with Crippen molar-refractivity contribution >= 4 is 42.6 Å². The summed E-state index contributed by atoms with van der Waals surface area (Å²) in [4.78, 5) is 20.4. The lowest BCUT2D eigenvalue weighted by atomic mass is 10.2. The number of nitrogens with zero attached hydrogens (tertiary/aromatic N) is 4. The van der Waals surface area contributed by atoms with Gasteiger partial charge < -0.3 is 4.57 Å². The van der Waals surface area contributed by atoms with Crippen molar-refractivity contribution in [3.63, 3.8) is 0 Å². The minimum Gasteiger partial charge on any atom is -0.345 e. The van der Waals surface area contributed by atoms with Crippen molar-refractivity contribution in [2.24, 2.45) is 7.05 Å². The van der Waals surface area contributed by atoms with Crippen LogP contribution in [0.15, 0.2) is 65.7 Å². The molecule has 0 spiro atoms. The van der Waals surface area contributed by atoms with E-state index >= 15 is 0 Å². The summed E-state index contributed by atoms with van der Waals surface area (Å²) in [7, 11) is -1.91. The smallest absolute Gasteiger partial charge is 0.277 e. The average Bonchev–Trinajstić information content (AvgIpc) is 3.58. The first-order valence-electron chi connectivity index (χ1n) is 11.2. The second-order valence-electron chi connectivity index (χ2n) is 8.58. The van der Waals surface area contributed by atoms with Gasteiger partial charge in [0.15, 0.2) is 5.13 Å². The van der Waals surface area contributed by atoms with Gasteiger partial charge in [-0.2, -0.15) is 4.31 Å². The van der Waals surface area contributed by atoms with Crippen LogP contribution in [0.1, 0.15) is 34.5 Å². The number of anilines is 1. The van der Waals surface area contributed by atoms with Gasteiger partial charge in [0.05, 0.1) is 16.8 Å². The molecule has 4 aromatic rings. The summed E-state index contributed by atoms with van der Waals surface area (Å²) in [5.74, 6) is -0.286. The highest BCUT2D eigenvalue weighted by Crippen LogP contribution is 2.33. The molecule has 7 nitrogen and oxygen atoms in total. The lowest BCUT2D eigenvalue weighted by Crippen LogP contribution is -2.31. The summed E-state index contributed by atoms with van der Waals surface area (Å²) in [6.45, 7) is 3.37. The molecule has 0 unspecified atom stereocenters. The van der Waals surface area contributed by atoms with Crippen molar-refractivity contribution in [2.75, 3.05) is 18.0 Å². The van der Waals surface area contributed by atoms with Gasteiger partial charge in [0.2, 0.25) is 10.0 Å². The molecule has 0 bridgehead atoms. The molecule has 1 amide bonds. The highest BCUT2D eigenvalue weighted by atomic mass is 32.2. The van der Waals surface area contributed by atoms with Gasteiger partial charge in [-0.15, -0.1) is 0 Å². The molecule has 2 aromatic heterocycles. The summed E-state index contributed by atoms with van der Waals surface area (Å²) in [6, 6.07) is 17.2. The Kier molecular flexibility index (Phi) is 6.01. The second-order valence-corrected chi connectivity index (χ2v) is 11.5. The topological polar surface area (TPSA) is 75.5 Å². The second kappa shape index (κ2) is 8.98. The average molecular weight is 495 g/mol. The van der Waals surface area contributed by atoms with Crippen molar-refractivity contribution in [1.82, 2.24) is 13.9 Å². The lowest BCUT2D eigenvalue weighted by molar-refractivity contribution is 0.0977. The largest absolute Gasteiger partial charge is 0.345 e. The quantitative estimate of drug-likeness (QED) is 0.393. The Hall–Kier alpha value is -3.01. The van der Waals surface area contributed by atoms with E-state index < -0.39 is 10.0 Å². The van der Waals surface area contributed by atoms with Gasteiger partial charge >= 0.3 is 0 Å². The number of amides is 1. The Morgan fingerprint density at radius 1 is 1.09 bits per heavy atom. The van der Waals surface area contributed by atoms with Gasteiger partial charge in [-0.1, -0.05) is 53.8 Å². The van der Waals surface area contributed by atoms with Crippen LogP contribution in [-0.4, -0.2) is 41.3 Å². The van der Waals surface area contributed by atoms with E-state index in [1.54, 1.807) is 16.5 Å². The number of thiazole rings is 1. The predicted octanol–water partition coefficient (Wildman–Crippen LogP) is 4.57. The zero-order valence-corrected chi connectivity index (χ0v) is 20.8. The molecule has 2 aromatic carbocycles. The minimum absolute atomic E-state index is 0.153. The molecule has 1 aliphatic heterocycles. The van der Waals surface area contributed by atoms with Gasteiger partial charge in [0.25, 0.3) is 5.91 Å². The highest BCUT2D eigenvalue weighted by molar-refractivity contribution is 7.89. The summed E-state index contributed by atoms with van der Waals surface area (Å²) in [6.07, 6.45) is 3.25. The third-order valence-electron chi connectivity index (χ3n) is 6.17. The Morgan fingerprint density at radius 2 is 1.82 bits per heavy atom. The van der Waals surface area contributed by atoms with Gasteiger partial charge in [0.1, 0.15) is 10.6 Å². The molecule has 1 aliphatic rings. The van der Waals surface area contributed by atoms with E-state index in [0.29, 0.717) is 30.5 Å². The number of aromatic nitrogens is 2. The number of rotatable bonds is 6. The van der Waals surface area contributed by atoms with E-state index in [-0.39, 0.29) is 10.8 Å². The van der Waals surface area contributed by atoms with Crippen molar-refractivity contribution in [2.45, 2.75) is 31.2 Å². The minimum atomic E-state index is -3.62. The number of carbonyl (C=O) groups excluding carboxylic acids is 1. The summed E-state index contributed by atoms with van der Waals surface area (Å²) in [5, 5.41) is 0.586. The molecule has 0 radical (unpaired) electrons. The van der Waals surface area contributed by atoms with Gasteiger partial charge in [-0.3, -0.25) is 9.69 Å². The van der Waals surface area contributed by atoms with Crippen molar-refractivity contribution in [1.29, 1.82) is 0 Å². The molecule has 9 heteroatoms. The summed E-state index contributed by atoms with van der Waals surface area (Å²) in [5.41, 5.74) is 3.19. The van der Waals surface area contributed by atoms with Crippen LogP contribution in [0.25, 0.3) is 10.2 Å². The number of aryl methyl sites for hydroxylation is 2. The SMILES string of the molecule is Cc1cccc2sc(N(Cc3ccccc3)C(=O)c3cc(S(=O)(=O)N4CCCC4)cn3C)nc12. The van der Waals surface area contributed by atoms with Crippen molar-refractivity contribution in [3.05, 3.63) is 77.6 Å². The molecule has 0 aliphatic carbocycles. The fourth-order valence-corrected chi connectivity index (χ4v) is 6.92. The fourth-order valence-electron chi connectivity index (χ4n) is 4.29. The third kappa shape index (κ3) is 4.15. The molecule has 3 heterocycles.